The van der Waals surface area contributed by atoms with Crippen LogP contribution in [0.25, 0.3) is 0 Å². The number of allylic oxidation sites excluding steroid dienone is 3. The van der Waals surface area contributed by atoms with Gasteiger partial charge in [-0.15, -0.1) is 0 Å². The summed E-state index contributed by atoms with van der Waals surface area (Å²) in [6.45, 7) is 11.1. The molecule has 9 unspecified atom stereocenters. The Labute approximate surface area is 161 Å². The predicted molar refractivity (Wildman–Crippen MR) is 103 cm³/mol. The Morgan fingerprint density at radius 3 is 2.73 bits per heavy atom. The molecule has 4 heteroatoms. The average Bonchev–Trinajstić information content (AvgIpc) is 3.45. The minimum absolute atomic E-state index is 0.0397. The Morgan fingerprint density at radius 1 is 1.23 bits per heavy atom. The molecule has 3 nitrogen and oxygen atoms in total. The zero-order valence-corrected chi connectivity index (χ0v) is 16.9. The SMILES string of the molecule is C=C1CCC2=C1CCC1(C)C2CC2OC23C(O)C(C(C)C)C(S)C2OC213. The van der Waals surface area contributed by atoms with Gasteiger partial charge in [0.15, 0.2) is 5.60 Å². The van der Waals surface area contributed by atoms with Crippen LogP contribution in [0.4, 0.5) is 0 Å². The predicted octanol–water partition coefficient (Wildman–Crippen LogP) is 3.67. The summed E-state index contributed by atoms with van der Waals surface area (Å²) >= 11 is 4.98. The fourth-order valence-corrected chi connectivity index (χ4v) is 8.68. The Morgan fingerprint density at radius 2 is 2.00 bits per heavy atom. The van der Waals surface area contributed by atoms with Crippen molar-refractivity contribution >= 4 is 12.6 Å². The maximum atomic E-state index is 11.5. The van der Waals surface area contributed by atoms with E-state index in [1.54, 1.807) is 11.1 Å². The quantitative estimate of drug-likeness (QED) is 0.544. The number of ether oxygens (including phenoxy) is 2. The van der Waals surface area contributed by atoms with E-state index in [9.17, 15) is 5.11 Å². The van der Waals surface area contributed by atoms with Gasteiger partial charge in [0, 0.05) is 16.6 Å². The van der Waals surface area contributed by atoms with Crippen molar-refractivity contribution in [1.29, 1.82) is 0 Å². The molecule has 4 fully saturated rings. The molecule has 142 valence electrons. The van der Waals surface area contributed by atoms with Crippen LogP contribution in [0.5, 0.6) is 0 Å². The fraction of sp³-hybridized carbons (Fsp3) is 0.818. The molecular weight excluding hydrogens is 344 g/mol. The molecule has 0 aromatic heterocycles. The smallest absolute Gasteiger partial charge is 0.153 e. The Kier molecular flexibility index (Phi) is 2.97. The number of hydrogen-bond acceptors (Lipinski definition) is 4. The molecular formula is C22H30O3S. The van der Waals surface area contributed by atoms with Crippen molar-refractivity contribution in [3.05, 3.63) is 23.3 Å². The molecule has 0 amide bonds. The van der Waals surface area contributed by atoms with E-state index in [1.807, 2.05) is 0 Å². The summed E-state index contributed by atoms with van der Waals surface area (Å²) in [6, 6.07) is 0. The highest BCUT2D eigenvalue weighted by Crippen LogP contribution is 2.80. The summed E-state index contributed by atoms with van der Waals surface area (Å²) in [5, 5.41) is 11.5. The molecule has 9 atom stereocenters. The van der Waals surface area contributed by atoms with Crippen molar-refractivity contribution in [2.75, 3.05) is 0 Å². The molecule has 2 heterocycles. The van der Waals surface area contributed by atoms with Crippen LogP contribution in [0.1, 0.15) is 52.9 Å². The Hall–Kier alpha value is -0.290. The molecule has 6 aliphatic rings. The standard InChI is InChI=1S/C22H30O3S/c1-10(2)16-17(26)19-22(25-19)20(4)8-7-12-11(3)5-6-13(12)14(20)9-15-21(22,24-15)18(16)23/h10,14-19,23,26H,3,5-9H2,1-2,4H3. The first-order chi connectivity index (χ1) is 12.3. The summed E-state index contributed by atoms with van der Waals surface area (Å²) in [5.41, 5.74) is 3.76. The Bertz CT molecular complexity index is 758. The second-order valence-electron chi connectivity index (χ2n) is 10.2. The fourth-order valence-electron chi connectivity index (χ4n) is 7.90. The average molecular weight is 375 g/mol. The largest absolute Gasteiger partial charge is 0.390 e. The second kappa shape index (κ2) is 4.64. The van der Waals surface area contributed by atoms with Crippen LogP contribution in [-0.2, 0) is 9.47 Å². The Balaban J connectivity index is 1.48. The van der Waals surface area contributed by atoms with Gasteiger partial charge in [0.2, 0.25) is 0 Å². The van der Waals surface area contributed by atoms with E-state index in [-0.39, 0.29) is 34.4 Å². The van der Waals surface area contributed by atoms with Gasteiger partial charge in [-0.1, -0.05) is 38.5 Å². The van der Waals surface area contributed by atoms with Gasteiger partial charge in [-0.3, -0.25) is 0 Å². The number of aliphatic hydroxyl groups is 1. The highest BCUT2D eigenvalue weighted by Gasteiger charge is 2.94. The van der Waals surface area contributed by atoms with Crippen molar-refractivity contribution in [2.45, 2.75) is 87.6 Å². The highest BCUT2D eigenvalue weighted by molar-refractivity contribution is 7.81. The third kappa shape index (κ3) is 1.49. The third-order valence-corrected chi connectivity index (χ3v) is 9.78. The van der Waals surface area contributed by atoms with Crippen LogP contribution in [0.2, 0.25) is 0 Å². The van der Waals surface area contributed by atoms with Crippen molar-refractivity contribution < 1.29 is 14.6 Å². The lowest BCUT2D eigenvalue weighted by molar-refractivity contribution is -0.0958. The molecule has 4 aliphatic carbocycles. The topological polar surface area (TPSA) is 45.3 Å². The zero-order chi connectivity index (χ0) is 18.2. The van der Waals surface area contributed by atoms with Crippen LogP contribution < -0.4 is 0 Å². The van der Waals surface area contributed by atoms with E-state index in [4.69, 9.17) is 22.1 Å². The lowest BCUT2D eigenvalue weighted by atomic mass is 9.46. The van der Waals surface area contributed by atoms with E-state index >= 15 is 0 Å². The molecule has 2 saturated heterocycles. The summed E-state index contributed by atoms with van der Waals surface area (Å²) in [4.78, 5) is 0. The first kappa shape index (κ1) is 16.6. The van der Waals surface area contributed by atoms with Crippen LogP contribution >= 0.6 is 12.6 Å². The van der Waals surface area contributed by atoms with Gasteiger partial charge in [-0.25, -0.2) is 0 Å². The summed E-state index contributed by atoms with van der Waals surface area (Å²) in [6.07, 6.45) is 5.34. The molecule has 6 rings (SSSR count). The van der Waals surface area contributed by atoms with Crippen molar-refractivity contribution in [3.8, 4) is 0 Å². The first-order valence-electron chi connectivity index (χ1n) is 10.4. The normalized spacial score (nSPS) is 59.4. The van der Waals surface area contributed by atoms with E-state index in [0.29, 0.717) is 11.8 Å². The summed E-state index contributed by atoms with van der Waals surface area (Å²) in [7, 11) is 0. The molecule has 0 aromatic rings. The lowest BCUT2D eigenvalue weighted by Crippen LogP contribution is -2.68. The van der Waals surface area contributed by atoms with Gasteiger partial charge >= 0.3 is 0 Å². The van der Waals surface area contributed by atoms with Crippen molar-refractivity contribution in [3.63, 3.8) is 0 Å². The molecule has 0 bridgehead atoms. The maximum Gasteiger partial charge on any atom is 0.153 e. The van der Waals surface area contributed by atoms with Crippen LogP contribution in [0.3, 0.4) is 0 Å². The molecule has 2 aliphatic heterocycles. The van der Waals surface area contributed by atoms with Crippen LogP contribution in [0.15, 0.2) is 23.3 Å². The molecule has 0 aromatic carbocycles. The van der Waals surface area contributed by atoms with Crippen molar-refractivity contribution in [2.24, 2.45) is 23.2 Å². The summed E-state index contributed by atoms with van der Waals surface area (Å²) < 4.78 is 13.1. The summed E-state index contributed by atoms with van der Waals surface area (Å²) in [5.74, 6) is 1.02. The molecule has 26 heavy (non-hydrogen) atoms. The molecule has 2 spiro atoms. The van der Waals surface area contributed by atoms with Gasteiger partial charge < -0.3 is 14.6 Å². The zero-order valence-electron chi connectivity index (χ0n) is 16.0. The van der Waals surface area contributed by atoms with Crippen LogP contribution in [0, 0.1) is 23.2 Å². The lowest BCUT2D eigenvalue weighted by Gasteiger charge is -2.55. The van der Waals surface area contributed by atoms with Gasteiger partial charge in [-0.2, -0.15) is 12.6 Å². The minimum atomic E-state index is -0.481. The second-order valence-corrected chi connectivity index (χ2v) is 10.8. The van der Waals surface area contributed by atoms with E-state index in [0.717, 1.165) is 32.1 Å². The molecule has 2 saturated carbocycles. The number of thiol groups is 1. The van der Waals surface area contributed by atoms with Gasteiger partial charge in [-0.05, 0) is 49.5 Å². The number of epoxide rings is 2. The number of fused-ring (bicyclic) bond motifs is 2. The third-order valence-electron chi connectivity index (χ3n) is 9.17. The number of aliphatic hydroxyl groups excluding tert-OH is 1. The van der Waals surface area contributed by atoms with Crippen LogP contribution in [-0.4, -0.2) is 39.9 Å². The van der Waals surface area contributed by atoms with E-state index < -0.39 is 11.7 Å². The highest BCUT2D eigenvalue weighted by atomic mass is 32.1. The molecule has 1 N–H and O–H groups in total. The van der Waals surface area contributed by atoms with Gasteiger partial charge in [0.05, 0.1) is 12.2 Å². The van der Waals surface area contributed by atoms with E-state index in [2.05, 4.69) is 27.4 Å². The van der Waals surface area contributed by atoms with Gasteiger partial charge in [0.25, 0.3) is 0 Å². The number of hydrogen-bond donors (Lipinski definition) is 2. The minimum Gasteiger partial charge on any atom is -0.390 e. The maximum absolute atomic E-state index is 11.5. The first-order valence-corrected chi connectivity index (χ1v) is 10.9. The van der Waals surface area contributed by atoms with Crippen molar-refractivity contribution in [1.82, 2.24) is 0 Å². The van der Waals surface area contributed by atoms with Gasteiger partial charge in [0.1, 0.15) is 11.7 Å². The number of rotatable bonds is 1. The van der Waals surface area contributed by atoms with E-state index in [1.165, 1.54) is 5.57 Å². The molecule has 0 radical (unpaired) electrons. The monoisotopic (exact) mass is 374 g/mol.